The van der Waals surface area contributed by atoms with Crippen molar-refractivity contribution in [1.29, 1.82) is 0 Å². The van der Waals surface area contributed by atoms with Gasteiger partial charge in [0, 0.05) is 29.9 Å². The van der Waals surface area contributed by atoms with E-state index in [2.05, 4.69) is 27.4 Å². The number of hydrogen-bond acceptors (Lipinski definition) is 5. The van der Waals surface area contributed by atoms with Crippen LogP contribution in [0.1, 0.15) is 44.4 Å². The van der Waals surface area contributed by atoms with Crippen LogP contribution in [0.2, 0.25) is 0 Å². The minimum atomic E-state index is 0.410. The van der Waals surface area contributed by atoms with Crippen LogP contribution in [0.15, 0.2) is 29.0 Å². The Kier molecular flexibility index (Phi) is 4.06. The average Bonchev–Trinajstić information content (AvgIpc) is 2.99. The molecular formula is C15H20N4O. The lowest BCUT2D eigenvalue weighted by Gasteiger charge is -2.26. The zero-order chi connectivity index (χ0) is 13.8. The summed E-state index contributed by atoms with van der Waals surface area (Å²) >= 11 is 0. The van der Waals surface area contributed by atoms with Gasteiger partial charge in [0.05, 0.1) is 0 Å². The standard InChI is InChI=1S/C15H20N4O/c1-2-17-13-5-3-12(4-6-13)15-18-14(19-20-15)11-7-9-16-10-8-11/h7-10,12-13,17H,2-6H2,1H3. The molecule has 0 saturated heterocycles. The Hall–Kier alpha value is -1.75. The van der Waals surface area contributed by atoms with E-state index < -0.39 is 0 Å². The summed E-state index contributed by atoms with van der Waals surface area (Å²) in [5.74, 6) is 1.86. The molecule has 0 spiro atoms. The van der Waals surface area contributed by atoms with Crippen molar-refractivity contribution < 1.29 is 4.52 Å². The Morgan fingerprint density at radius 2 is 1.95 bits per heavy atom. The normalized spacial score (nSPS) is 22.9. The van der Waals surface area contributed by atoms with E-state index in [1.165, 1.54) is 12.8 Å². The molecule has 0 unspecified atom stereocenters. The number of nitrogens with one attached hydrogen (secondary N) is 1. The third kappa shape index (κ3) is 2.88. The topological polar surface area (TPSA) is 63.8 Å². The summed E-state index contributed by atoms with van der Waals surface area (Å²) in [7, 11) is 0. The first-order valence-electron chi connectivity index (χ1n) is 7.34. The molecule has 0 bridgehead atoms. The largest absolute Gasteiger partial charge is 0.339 e. The number of rotatable bonds is 4. The van der Waals surface area contributed by atoms with E-state index in [0.29, 0.717) is 17.8 Å². The van der Waals surface area contributed by atoms with Crippen LogP contribution in [0.25, 0.3) is 11.4 Å². The highest BCUT2D eigenvalue weighted by atomic mass is 16.5. The molecule has 1 N–H and O–H groups in total. The van der Waals surface area contributed by atoms with Gasteiger partial charge in [0.15, 0.2) is 0 Å². The van der Waals surface area contributed by atoms with Gasteiger partial charge in [0.2, 0.25) is 11.7 Å². The van der Waals surface area contributed by atoms with E-state index >= 15 is 0 Å². The first kappa shape index (κ1) is 13.2. The van der Waals surface area contributed by atoms with Crippen LogP contribution in [-0.4, -0.2) is 27.7 Å². The lowest BCUT2D eigenvalue weighted by atomic mass is 9.86. The van der Waals surface area contributed by atoms with Gasteiger partial charge >= 0.3 is 0 Å². The Bertz CT molecular complexity index is 532. The van der Waals surface area contributed by atoms with Crippen molar-refractivity contribution in [3.63, 3.8) is 0 Å². The summed E-state index contributed by atoms with van der Waals surface area (Å²) < 4.78 is 5.45. The van der Waals surface area contributed by atoms with Crippen LogP contribution in [-0.2, 0) is 0 Å². The highest BCUT2D eigenvalue weighted by Crippen LogP contribution is 2.32. The molecule has 20 heavy (non-hydrogen) atoms. The number of pyridine rings is 1. The summed E-state index contributed by atoms with van der Waals surface area (Å²) in [5, 5.41) is 7.60. The Morgan fingerprint density at radius 1 is 1.20 bits per heavy atom. The molecule has 5 nitrogen and oxygen atoms in total. The molecule has 2 aromatic rings. The van der Waals surface area contributed by atoms with Crippen molar-refractivity contribution in [2.24, 2.45) is 0 Å². The average molecular weight is 272 g/mol. The summed E-state index contributed by atoms with van der Waals surface area (Å²) in [4.78, 5) is 8.55. The zero-order valence-corrected chi connectivity index (χ0v) is 11.7. The highest BCUT2D eigenvalue weighted by molar-refractivity contribution is 5.52. The second-order valence-electron chi connectivity index (χ2n) is 5.30. The second-order valence-corrected chi connectivity index (χ2v) is 5.30. The van der Waals surface area contributed by atoms with E-state index in [0.717, 1.165) is 30.8 Å². The maximum Gasteiger partial charge on any atom is 0.230 e. The van der Waals surface area contributed by atoms with Crippen molar-refractivity contribution in [2.75, 3.05) is 6.54 Å². The summed E-state index contributed by atoms with van der Waals surface area (Å²) in [6, 6.07) is 4.45. The third-order valence-corrected chi connectivity index (χ3v) is 3.95. The van der Waals surface area contributed by atoms with Crippen molar-refractivity contribution in [3.8, 4) is 11.4 Å². The van der Waals surface area contributed by atoms with E-state index in [9.17, 15) is 0 Å². The van der Waals surface area contributed by atoms with Gasteiger partial charge in [-0.25, -0.2) is 0 Å². The molecule has 0 atom stereocenters. The van der Waals surface area contributed by atoms with Gasteiger partial charge in [-0.3, -0.25) is 4.98 Å². The molecule has 0 amide bonds. The fraction of sp³-hybridized carbons (Fsp3) is 0.533. The molecule has 0 aliphatic heterocycles. The minimum Gasteiger partial charge on any atom is -0.339 e. The molecular weight excluding hydrogens is 252 g/mol. The van der Waals surface area contributed by atoms with Gasteiger partial charge in [0.1, 0.15) is 0 Å². The van der Waals surface area contributed by atoms with Gasteiger partial charge < -0.3 is 9.84 Å². The molecule has 2 heterocycles. The van der Waals surface area contributed by atoms with Crippen molar-refractivity contribution in [3.05, 3.63) is 30.4 Å². The third-order valence-electron chi connectivity index (χ3n) is 3.95. The first-order valence-corrected chi connectivity index (χ1v) is 7.34. The molecule has 0 radical (unpaired) electrons. The maximum atomic E-state index is 5.45. The van der Waals surface area contributed by atoms with Gasteiger partial charge in [-0.1, -0.05) is 12.1 Å². The SMILES string of the molecule is CCNC1CCC(c2nc(-c3ccncc3)no2)CC1. The second kappa shape index (κ2) is 6.13. The lowest BCUT2D eigenvalue weighted by Crippen LogP contribution is -2.32. The first-order chi connectivity index (χ1) is 9.86. The molecule has 3 rings (SSSR count). The minimum absolute atomic E-state index is 0.410. The number of aromatic nitrogens is 3. The molecule has 1 saturated carbocycles. The van der Waals surface area contributed by atoms with E-state index in [1.807, 2.05) is 12.1 Å². The zero-order valence-electron chi connectivity index (χ0n) is 11.7. The molecule has 5 heteroatoms. The van der Waals surface area contributed by atoms with Gasteiger partial charge in [0.25, 0.3) is 0 Å². The quantitative estimate of drug-likeness (QED) is 0.927. The number of hydrogen-bond donors (Lipinski definition) is 1. The Morgan fingerprint density at radius 3 is 2.65 bits per heavy atom. The molecule has 1 aliphatic rings. The van der Waals surface area contributed by atoms with E-state index in [-0.39, 0.29) is 0 Å². The lowest BCUT2D eigenvalue weighted by molar-refractivity contribution is 0.285. The van der Waals surface area contributed by atoms with E-state index in [1.54, 1.807) is 12.4 Å². The Labute approximate surface area is 118 Å². The summed E-state index contributed by atoms with van der Waals surface area (Å²) in [6.45, 7) is 3.20. The van der Waals surface area contributed by atoms with Crippen molar-refractivity contribution >= 4 is 0 Å². The highest BCUT2D eigenvalue weighted by Gasteiger charge is 2.26. The van der Waals surface area contributed by atoms with Crippen LogP contribution in [0.4, 0.5) is 0 Å². The fourth-order valence-electron chi connectivity index (χ4n) is 2.85. The van der Waals surface area contributed by atoms with Crippen LogP contribution >= 0.6 is 0 Å². The molecule has 1 fully saturated rings. The summed E-state index contributed by atoms with van der Waals surface area (Å²) in [5.41, 5.74) is 0.955. The van der Waals surface area contributed by atoms with Crippen LogP contribution < -0.4 is 5.32 Å². The van der Waals surface area contributed by atoms with Gasteiger partial charge in [-0.15, -0.1) is 0 Å². The van der Waals surface area contributed by atoms with Crippen LogP contribution in [0.3, 0.4) is 0 Å². The van der Waals surface area contributed by atoms with Crippen molar-refractivity contribution in [2.45, 2.75) is 44.6 Å². The van der Waals surface area contributed by atoms with Crippen LogP contribution in [0, 0.1) is 0 Å². The summed E-state index contributed by atoms with van der Waals surface area (Å²) in [6.07, 6.45) is 8.10. The molecule has 106 valence electrons. The van der Waals surface area contributed by atoms with Crippen LogP contribution in [0.5, 0.6) is 0 Å². The molecule has 1 aliphatic carbocycles. The number of nitrogens with zero attached hydrogens (tertiary/aromatic N) is 3. The maximum absolute atomic E-state index is 5.45. The van der Waals surface area contributed by atoms with E-state index in [4.69, 9.17) is 4.52 Å². The Balaban J connectivity index is 1.66. The predicted octanol–water partition coefficient (Wildman–Crippen LogP) is 2.77. The molecule has 0 aromatic carbocycles. The smallest absolute Gasteiger partial charge is 0.230 e. The fourth-order valence-corrected chi connectivity index (χ4v) is 2.85. The monoisotopic (exact) mass is 272 g/mol. The molecule has 2 aromatic heterocycles. The van der Waals surface area contributed by atoms with Gasteiger partial charge in [-0.2, -0.15) is 4.98 Å². The predicted molar refractivity (Wildman–Crippen MR) is 76.2 cm³/mol. The van der Waals surface area contributed by atoms with Crippen molar-refractivity contribution in [1.82, 2.24) is 20.4 Å². The van der Waals surface area contributed by atoms with Gasteiger partial charge in [-0.05, 0) is 44.4 Å².